The van der Waals surface area contributed by atoms with Gasteiger partial charge in [0, 0.05) is 6.04 Å². The summed E-state index contributed by atoms with van der Waals surface area (Å²) in [7, 11) is 0. The molecule has 0 bridgehead atoms. The molecule has 0 spiro atoms. The SMILES string of the molecule is CC(Oc1cccc(CO)c1)C(=O)NC(C1CC1)C1CC1. The number of carbonyl (C=O) groups excluding carboxylic acids is 1. The van der Waals surface area contributed by atoms with E-state index in [0.717, 1.165) is 5.56 Å². The fraction of sp³-hybridized carbons (Fsp3) is 0.588. The summed E-state index contributed by atoms with van der Waals surface area (Å²) in [5.41, 5.74) is 0.786. The molecule has 4 heteroatoms. The van der Waals surface area contributed by atoms with Gasteiger partial charge in [-0.2, -0.15) is 0 Å². The van der Waals surface area contributed by atoms with Crippen LogP contribution in [-0.4, -0.2) is 23.2 Å². The van der Waals surface area contributed by atoms with Crippen molar-refractivity contribution in [1.29, 1.82) is 0 Å². The molecule has 2 aliphatic carbocycles. The van der Waals surface area contributed by atoms with Gasteiger partial charge in [-0.3, -0.25) is 4.79 Å². The van der Waals surface area contributed by atoms with Crippen LogP contribution in [0.4, 0.5) is 0 Å². The molecular formula is C17H23NO3. The van der Waals surface area contributed by atoms with Crippen molar-refractivity contribution in [2.75, 3.05) is 0 Å². The van der Waals surface area contributed by atoms with Crippen LogP contribution in [0.25, 0.3) is 0 Å². The topological polar surface area (TPSA) is 58.6 Å². The van der Waals surface area contributed by atoms with Crippen LogP contribution in [0.1, 0.15) is 38.2 Å². The minimum atomic E-state index is -0.515. The van der Waals surface area contributed by atoms with Gasteiger partial charge >= 0.3 is 0 Å². The molecule has 4 nitrogen and oxygen atoms in total. The molecule has 1 unspecified atom stereocenters. The van der Waals surface area contributed by atoms with E-state index in [1.165, 1.54) is 25.7 Å². The predicted octanol–water partition coefficient (Wildman–Crippen LogP) is 2.25. The van der Waals surface area contributed by atoms with Crippen LogP contribution < -0.4 is 10.1 Å². The van der Waals surface area contributed by atoms with Crippen molar-refractivity contribution in [3.8, 4) is 5.75 Å². The molecule has 0 saturated heterocycles. The minimum Gasteiger partial charge on any atom is -0.481 e. The molecule has 2 saturated carbocycles. The van der Waals surface area contributed by atoms with Gasteiger partial charge in [-0.05, 0) is 62.1 Å². The van der Waals surface area contributed by atoms with Crippen LogP contribution in [0.5, 0.6) is 5.75 Å². The van der Waals surface area contributed by atoms with Gasteiger partial charge in [0.1, 0.15) is 5.75 Å². The number of aliphatic hydroxyl groups is 1. The maximum atomic E-state index is 12.3. The number of hydrogen-bond acceptors (Lipinski definition) is 3. The zero-order valence-electron chi connectivity index (χ0n) is 12.4. The van der Waals surface area contributed by atoms with E-state index in [4.69, 9.17) is 9.84 Å². The fourth-order valence-corrected chi connectivity index (χ4v) is 2.79. The fourth-order valence-electron chi connectivity index (χ4n) is 2.79. The van der Waals surface area contributed by atoms with E-state index >= 15 is 0 Å². The summed E-state index contributed by atoms with van der Waals surface area (Å²) < 4.78 is 5.70. The first-order valence-electron chi connectivity index (χ1n) is 7.84. The minimum absolute atomic E-state index is 0.0246. The third kappa shape index (κ3) is 3.76. The van der Waals surface area contributed by atoms with E-state index in [1.54, 1.807) is 13.0 Å². The Morgan fingerprint density at radius 2 is 2.00 bits per heavy atom. The second-order valence-electron chi connectivity index (χ2n) is 6.27. The number of rotatable bonds is 7. The molecule has 1 aromatic rings. The van der Waals surface area contributed by atoms with Crippen molar-refractivity contribution in [1.82, 2.24) is 5.32 Å². The Bertz CT molecular complexity index is 497. The van der Waals surface area contributed by atoms with E-state index < -0.39 is 6.10 Å². The molecule has 2 N–H and O–H groups in total. The number of benzene rings is 1. The van der Waals surface area contributed by atoms with Gasteiger partial charge in [0.05, 0.1) is 6.61 Å². The lowest BCUT2D eigenvalue weighted by Gasteiger charge is -2.21. The molecule has 114 valence electrons. The van der Waals surface area contributed by atoms with E-state index in [1.807, 2.05) is 18.2 Å². The molecular weight excluding hydrogens is 266 g/mol. The van der Waals surface area contributed by atoms with Gasteiger partial charge in [-0.15, -0.1) is 0 Å². The predicted molar refractivity (Wildman–Crippen MR) is 79.8 cm³/mol. The molecule has 1 amide bonds. The molecule has 2 aliphatic rings. The molecule has 0 aliphatic heterocycles. The summed E-state index contributed by atoms with van der Waals surface area (Å²) in [5, 5.41) is 12.3. The lowest BCUT2D eigenvalue weighted by Crippen LogP contribution is -2.44. The highest BCUT2D eigenvalue weighted by Crippen LogP contribution is 2.44. The Morgan fingerprint density at radius 1 is 1.33 bits per heavy atom. The van der Waals surface area contributed by atoms with E-state index in [2.05, 4.69) is 5.32 Å². The lowest BCUT2D eigenvalue weighted by atomic mass is 10.1. The molecule has 21 heavy (non-hydrogen) atoms. The molecule has 1 atom stereocenters. The Kier molecular flexibility index (Phi) is 4.15. The van der Waals surface area contributed by atoms with Crippen molar-refractivity contribution in [3.63, 3.8) is 0 Å². The van der Waals surface area contributed by atoms with Crippen LogP contribution in [0.2, 0.25) is 0 Å². The maximum absolute atomic E-state index is 12.3. The highest BCUT2D eigenvalue weighted by atomic mass is 16.5. The first kappa shape index (κ1) is 14.4. The molecule has 1 aromatic carbocycles. The Labute approximate surface area is 125 Å². The summed E-state index contributed by atoms with van der Waals surface area (Å²) in [6, 6.07) is 7.58. The van der Waals surface area contributed by atoms with E-state index in [-0.39, 0.29) is 12.5 Å². The summed E-state index contributed by atoms with van der Waals surface area (Å²) in [6.07, 6.45) is 4.47. The third-order valence-corrected chi connectivity index (χ3v) is 4.33. The average molecular weight is 289 g/mol. The van der Waals surface area contributed by atoms with Gasteiger partial charge in [0.25, 0.3) is 5.91 Å². The average Bonchev–Trinajstić information content (AvgIpc) is 3.38. The molecule has 3 rings (SSSR count). The summed E-state index contributed by atoms with van der Waals surface area (Å²) in [4.78, 5) is 12.3. The molecule has 0 radical (unpaired) electrons. The van der Waals surface area contributed by atoms with Gasteiger partial charge < -0.3 is 15.2 Å². The third-order valence-electron chi connectivity index (χ3n) is 4.33. The van der Waals surface area contributed by atoms with Crippen LogP contribution in [0, 0.1) is 11.8 Å². The lowest BCUT2D eigenvalue weighted by molar-refractivity contribution is -0.128. The highest BCUT2D eigenvalue weighted by Gasteiger charge is 2.42. The number of carbonyl (C=O) groups is 1. The van der Waals surface area contributed by atoms with Crippen LogP contribution in [0.3, 0.4) is 0 Å². The van der Waals surface area contributed by atoms with Gasteiger partial charge in [0.2, 0.25) is 0 Å². The Hall–Kier alpha value is -1.55. The van der Waals surface area contributed by atoms with Crippen molar-refractivity contribution in [2.45, 2.75) is 51.4 Å². The highest BCUT2D eigenvalue weighted by molar-refractivity contribution is 5.81. The zero-order chi connectivity index (χ0) is 14.8. The number of amides is 1. The first-order chi connectivity index (χ1) is 10.2. The number of nitrogens with one attached hydrogen (secondary N) is 1. The summed E-state index contributed by atoms with van der Waals surface area (Å²) in [6.45, 7) is 1.75. The normalized spacial score (nSPS) is 19.4. The quantitative estimate of drug-likeness (QED) is 0.809. The zero-order valence-corrected chi connectivity index (χ0v) is 12.4. The number of aliphatic hydroxyl groups excluding tert-OH is 1. The van der Waals surface area contributed by atoms with Crippen molar-refractivity contribution in [2.24, 2.45) is 11.8 Å². The standard InChI is InChI=1S/C17H23NO3/c1-11(21-15-4-2-3-12(9-15)10-19)17(20)18-16(13-5-6-13)14-7-8-14/h2-4,9,11,13-14,16,19H,5-8,10H2,1H3,(H,18,20). The van der Waals surface area contributed by atoms with Gasteiger partial charge in [0.15, 0.2) is 6.10 Å². The van der Waals surface area contributed by atoms with Gasteiger partial charge in [-0.25, -0.2) is 0 Å². The Balaban J connectivity index is 1.56. The second kappa shape index (κ2) is 6.06. The van der Waals surface area contributed by atoms with Crippen LogP contribution in [0.15, 0.2) is 24.3 Å². The summed E-state index contributed by atoms with van der Waals surface area (Å²) >= 11 is 0. The van der Waals surface area contributed by atoms with Crippen LogP contribution >= 0.6 is 0 Å². The molecule has 0 heterocycles. The largest absolute Gasteiger partial charge is 0.481 e. The first-order valence-corrected chi connectivity index (χ1v) is 7.84. The van der Waals surface area contributed by atoms with Crippen LogP contribution in [-0.2, 0) is 11.4 Å². The smallest absolute Gasteiger partial charge is 0.261 e. The number of hydrogen-bond donors (Lipinski definition) is 2. The van der Waals surface area contributed by atoms with Crippen molar-refractivity contribution in [3.05, 3.63) is 29.8 Å². The molecule has 2 fully saturated rings. The number of ether oxygens (including phenoxy) is 1. The van der Waals surface area contributed by atoms with Crippen molar-refractivity contribution < 1.29 is 14.6 Å². The maximum Gasteiger partial charge on any atom is 0.261 e. The van der Waals surface area contributed by atoms with E-state index in [9.17, 15) is 4.79 Å². The van der Waals surface area contributed by atoms with Crippen molar-refractivity contribution >= 4 is 5.91 Å². The van der Waals surface area contributed by atoms with Gasteiger partial charge in [-0.1, -0.05) is 12.1 Å². The molecule has 0 aromatic heterocycles. The van der Waals surface area contributed by atoms with E-state index in [0.29, 0.717) is 23.6 Å². The monoisotopic (exact) mass is 289 g/mol. The summed E-state index contributed by atoms with van der Waals surface area (Å²) in [5.74, 6) is 1.96. The Morgan fingerprint density at radius 3 is 2.57 bits per heavy atom. The second-order valence-corrected chi connectivity index (χ2v) is 6.27.